The SMILES string of the molecule is C[C](C)Cc1cc(F)c(-c2cccc(OCc3cc[nH]n3)n2)cc1F. The minimum Gasteiger partial charge on any atom is -0.471 e. The van der Waals surface area contributed by atoms with Crippen LogP contribution in [0.3, 0.4) is 0 Å². The summed E-state index contributed by atoms with van der Waals surface area (Å²) in [7, 11) is 0. The number of rotatable bonds is 6. The number of aromatic amines is 1. The van der Waals surface area contributed by atoms with Crippen molar-refractivity contribution in [3.63, 3.8) is 0 Å². The highest BCUT2D eigenvalue weighted by molar-refractivity contribution is 5.61. The molecule has 1 radical (unpaired) electrons. The van der Waals surface area contributed by atoms with E-state index in [0.717, 1.165) is 11.6 Å². The quantitative estimate of drug-likeness (QED) is 0.718. The van der Waals surface area contributed by atoms with E-state index in [4.69, 9.17) is 4.74 Å². The number of hydrogen-bond acceptors (Lipinski definition) is 3. The maximum Gasteiger partial charge on any atom is 0.214 e. The van der Waals surface area contributed by atoms with Crippen molar-refractivity contribution in [1.29, 1.82) is 0 Å². The number of halogens is 2. The van der Waals surface area contributed by atoms with Gasteiger partial charge in [0.15, 0.2) is 0 Å². The van der Waals surface area contributed by atoms with Crippen LogP contribution in [-0.4, -0.2) is 15.2 Å². The zero-order chi connectivity index (χ0) is 17.8. The van der Waals surface area contributed by atoms with Crippen LogP contribution in [-0.2, 0) is 13.0 Å². The summed E-state index contributed by atoms with van der Waals surface area (Å²) in [6, 6.07) is 9.18. The Balaban J connectivity index is 1.84. The number of ether oxygens (including phenoxy) is 1. The van der Waals surface area contributed by atoms with Gasteiger partial charge in [0.05, 0.1) is 11.4 Å². The lowest BCUT2D eigenvalue weighted by Crippen LogP contribution is -2.01. The van der Waals surface area contributed by atoms with Crippen molar-refractivity contribution in [3.05, 3.63) is 71.4 Å². The van der Waals surface area contributed by atoms with E-state index in [1.54, 1.807) is 30.5 Å². The van der Waals surface area contributed by atoms with Crippen LogP contribution in [0.1, 0.15) is 25.1 Å². The van der Waals surface area contributed by atoms with Crippen LogP contribution in [0, 0.1) is 17.6 Å². The van der Waals surface area contributed by atoms with E-state index in [1.165, 1.54) is 12.1 Å². The number of pyridine rings is 1. The van der Waals surface area contributed by atoms with Crippen molar-refractivity contribution < 1.29 is 13.5 Å². The fraction of sp³-hybridized carbons (Fsp3) is 0.211. The summed E-state index contributed by atoms with van der Waals surface area (Å²) in [6.45, 7) is 4.00. The summed E-state index contributed by atoms with van der Waals surface area (Å²) in [4.78, 5) is 4.26. The average molecular weight is 342 g/mol. The van der Waals surface area contributed by atoms with E-state index in [2.05, 4.69) is 15.2 Å². The highest BCUT2D eigenvalue weighted by atomic mass is 19.1. The van der Waals surface area contributed by atoms with E-state index >= 15 is 0 Å². The van der Waals surface area contributed by atoms with Crippen molar-refractivity contribution in [2.75, 3.05) is 0 Å². The number of nitrogens with zero attached hydrogens (tertiary/aromatic N) is 2. The van der Waals surface area contributed by atoms with Gasteiger partial charge in [-0.2, -0.15) is 5.10 Å². The zero-order valence-corrected chi connectivity index (χ0v) is 14.0. The normalized spacial score (nSPS) is 11.1. The van der Waals surface area contributed by atoms with Crippen molar-refractivity contribution in [2.45, 2.75) is 26.9 Å². The third-order valence-electron chi connectivity index (χ3n) is 3.61. The Bertz CT molecular complexity index is 848. The van der Waals surface area contributed by atoms with Gasteiger partial charge in [-0.15, -0.1) is 0 Å². The van der Waals surface area contributed by atoms with E-state index in [0.29, 0.717) is 23.6 Å². The van der Waals surface area contributed by atoms with Gasteiger partial charge in [0.2, 0.25) is 5.88 Å². The van der Waals surface area contributed by atoms with Crippen LogP contribution in [0.5, 0.6) is 5.88 Å². The van der Waals surface area contributed by atoms with Gasteiger partial charge in [-0.1, -0.05) is 19.9 Å². The Morgan fingerprint density at radius 3 is 2.68 bits per heavy atom. The highest BCUT2D eigenvalue weighted by Crippen LogP contribution is 2.27. The van der Waals surface area contributed by atoms with Crippen LogP contribution < -0.4 is 4.74 Å². The van der Waals surface area contributed by atoms with Gasteiger partial charge in [0.1, 0.15) is 18.2 Å². The molecule has 0 aliphatic carbocycles. The zero-order valence-electron chi connectivity index (χ0n) is 14.0. The fourth-order valence-corrected chi connectivity index (χ4v) is 2.47. The minimum absolute atomic E-state index is 0.111. The molecule has 2 heterocycles. The standard InChI is InChI=1S/C19H18F2N3O/c1-12(2)8-13-9-17(21)15(10-16(13)20)18-4-3-5-19(23-18)25-11-14-6-7-22-24-14/h3-7,9-10H,8,11H2,1-2H3,(H,22,24). The van der Waals surface area contributed by atoms with Crippen LogP contribution in [0.4, 0.5) is 8.78 Å². The number of nitrogens with one attached hydrogen (secondary N) is 1. The predicted molar refractivity (Wildman–Crippen MR) is 90.8 cm³/mol. The summed E-state index contributed by atoms with van der Waals surface area (Å²) in [5, 5.41) is 6.67. The molecular weight excluding hydrogens is 324 g/mol. The first kappa shape index (κ1) is 17.1. The predicted octanol–water partition coefficient (Wildman–Crippen LogP) is 4.49. The lowest BCUT2D eigenvalue weighted by Gasteiger charge is -2.10. The van der Waals surface area contributed by atoms with Gasteiger partial charge in [0, 0.05) is 17.8 Å². The molecule has 0 atom stereocenters. The van der Waals surface area contributed by atoms with Gasteiger partial charge in [-0.25, -0.2) is 13.8 Å². The molecule has 0 saturated carbocycles. The third-order valence-corrected chi connectivity index (χ3v) is 3.61. The summed E-state index contributed by atoms with van der Waals surface area (Å²) in [6.07, 6.45) is 2.10. The summed E-state index contributed by atoms with van der Waals surface area (Å²) < 4.78 is 34.2. The molecular formula is C19H18F2N3O. The molecule has 25 heavy (non-hydrogen) atoms. The Morgan fingerprint density at radius 1 is 1.12 bits per heavy atom. The third kappa shape index (κ3) is 4.21. The molecule has 129 valence electrons. The van der Waals surface area contributed by atoms with E-state index in [-0.39, 0.29) is 12.2 Å². The van der Waals surface area contributed by atoms with Gasteiger partial charge in [-0.05, 0) is 42.2 Å². The monoisotopic (exact) mass is 342 g/mol. The second-order valence-corrected chi connectivity index (χ2v) is 6.02. The largest absolute Gasteiger partial charge is 0.471 e. The molecule has 0 bridgehead atoms. The van der Waals surface area contributed by atoms with Crippen LogP contribution >= 0.6 is 0 Å². The molecule has 0 aliphatic heterocycles. The first-order valence-corrected chi connectivity index (χ1v) is 7.89. The van der Waals surface area contributed by atoms with Gasteiger partial charge in [0.25, 0.3) is 0 Å². The fourth-order valence-electron chi connectivity index (χ4n) is 2.47. The minimum atomic E-state index is -0.505. The molecule has 3 aromatic rings. The molecule has 0 fully saturated rings. The van der Waals surface area contributed by atoms with E-state index in [1.807, 2.05) is 13.8 Å². The van der Waals surface area contributed by atoms with E-state index in [9.17, 15) is 8.78 Å². The first-order chi connectivity index (χ1) is 12.0. The molecule has 0 unspecified atom stereocenters. The van der Waals surface area contributed by atoms with Crippen LogP contribution in [0.2, 0.25) is 0 Å². The molecule has 2 aromatic heterocycles. The Labute approximate surface area is 144 Å². The number of H-pyrrole nitrogens is 1. The van der Waals surface area contributed by atoms with Gasteiger partial charge < -0.3 is 4.74 Å². The second-order valence-electron chi connectivity index (χ2n) is 6.02. The van der Waals surface area contributed by atoms with Gasteiger partial charge >= 0.3 is 0 Å². The molecule has 1 N–H and O–H groups in total. The van der Waals surface area contributed by atoms with Crippen molar-refractivity contribution >= 4 is 0 Å². The van der Waals surface area contributed by atoms with E-state index < -0.39 is 11.6 Å². The first-order valence-electron chi connectivity index (χ1n) is 7.89. The molecule has 1 aromatic carbocycles. The van der Waals surface area contributed by atoms with Crippen LogP contribution in [0.25, 0.3) is 11.3 Å². The number of hydrogen-bond donors (Lipinski definition) is 1. The molecule has 3 rings (SSSR count). The molecule has 0 amide bonds. The lowest BCUT2D eigenvalue weighted by atomic mass is 9.99. The summed E-state index contributed by atoms with van der Waals surface area (Å²) in [5.41, 5.74) is 1.49. The number of aromatic nitrogens is 3. The molecule has 0 spiro atoms. The van der Waals surface area contributed by atoms with Crippen molar-refractivity contribution in [1.82, 2.24) is 15.2 Å². The molecule has 4 nitrogen and oxygen atoms in total. The Kier molecular flexibility index (Phi) is 5.07. The number of benzene rings is 1. The smallest absolute Gasteiger partial charge is 0.214 e. The maximum absolute atomic E-state index is 14.4. The summed E-state index contributed by atoms with van der Waals surface area (Å²) in [5.74, 6) is 0.386. The average Bonchev–Trinajstić information content (AvgIpc) is 3.09. The van der Waals surface area contributed by atoms with Crippen LogP contribution in [0.15, 0.2) is 42.6 Å². The maximum atomic E-state index is 14.4. The van der Waals surface area contributed by atoms with Crippen molar-refractivity contribution in [2.24, 2.45) is 0 Å². The van der Waals surface area contributed by atoms with Gasteiger partial charge in [-0.3, -0.25) is 5.10 Å². The lowest BCUT2D eigenvalue weighted by molar-refractivity contribution is 0.289. The Hall–Kier alpha value is -2.76. The molecule has 6 heteroatoms. The highest BCUT2D eigenvalue weighted by Gasteiger charge is 2.14. The second kappa shape index (κ2) is 7.42. The topological polar surface area (TPSA) is 50.8 Å². The Morgan fingerprint density at radius 2 is 1.96 bits per heavy atom. The molecule has 0 aliphatic rings. The summed E-state index contributed by atoms with van der Waals surface area (Å²) >= 11 is 0. The molecule has 0 saturated heterocycles. The van der Waals surface area contributed by atoms with Crippen molar-refractivity contribution in [3.8, 4) is 17.1 Å².